The molecule has 0 saturated carbocycles. The molecule has 0 fully saturated rings. The van der Waals surface area contributed by atoms with E-state index in [1.165, 1.54) is 11.3 Å². The Labute approximate surface area is 107 Å². The Bertz CT molecular complexity index is 462. The molecule has 2 heterocycles. The number of thiophene rings is 1. The van der Waals surface area contributed by atoms with E-state index in [1.54, 1.807) is 17.9 Å². The highest BCUT2D eigenvalue weighted by Gasteiger charge is 2.18. The molecule has 0 spiro atoms. The first-order valence-corrected chi connectivity index (χ1v) is 6.47. The third kappa shape index (κ3) is 2.15. The van der Waals surface area contributed by atoms with E-state index in [-0.39, 0.29) is 0 Å². The first-order chi connectivity index (χ1) is 7.09. The molecule has 0 aliphatic carbocycles. The molecule has 7 heteroatoms. The van der Waals surface area contributed by atoms with Gasteiger partial charge in [-0.3, -0.25) is 0 Å². The van der Waals surface area contributed by atoms with E-state index in [0.717, 1.165) is 13.1 Å². The number of halogens is 2. The molecule has 15 heavy (non-hydrogen) atoms. The molecule has 0 saturated heterocycles. The first-order valence-electron chi connectivity index (χ1n) is 4.07. The molecule has 2 aromatic rings. The van der Waals surface area contributed by atoms with Gasteiger partial charge >= 0.3 is 0 Å². The summed E-state index contributed by atoms with van der Waals surface area (Å²) in [5.41, 5.74) is 0.677. The van der Waals surface area contributed by atoms with Gasteiger partial charge in [-0.2, -0.15) is 0 Å². The van der Waals surface area contributed by atoms with Crippen LogP contribution in [0.4, 0.5) is 0 Å². The van der Waals surface area contributed by atoms with Crippen LogP contribution in [0.15, 0.2) is 20.5 Å². The summed E-state index contributed by atoms with van der Waals surface area (Å²) >= 11 is 8.25. The van der Waals surface area contributed by atoms with Gasteiger partial charge < -0.3 is 5.11 Å². The van der Waals surface area contributed by atoms with E-state index in [4.69, 9.17) is 0 Å². The van der Waals surface area contributed by atoms with Crippen LogP contribution in [0.3, 0.4) is 0 Å². The largest absolute Gasteiger partial charge is 0.381 e. The molecule has 1 atom stereocenters. The molecule has 1 unspecified atom stereocenters. The minimum atomic E-state index is -0.683. The maximum atomic E-state index is 10.1. The number of aliphatic hydroxyl groups excluding tert-OH is 1. The number of aryl methyl sites for hydroxylation is 1. The van der Waals surface area contributed by atoms with Crippen molar-refractivity contribution in [1.82, 2.24) is 15.0 Å². The van der Waals surface area contributed by atoms with Crippen molar-refractivity contribution in [2.75, 3.05) is 0 Å². The van der Waals surface area contributed by atoms with E-state index in [1.807, 2.05) is 6.07 Å². The molecule has 2 rings (SSSR count). The van der Waals surface area contributed by atoms with Gasteiger partial charge in [0.15, 0.2) is 0 Å². The molecule has 0 radical (unpaired) electrons. The van der Waals surface area contributed by atoms with Crippen LogP contribution >= 0.6 is 43.2 Å². The second-order valence-electron chi connectivity index (χ2n) is 2.96. The molecule has 0 amide bonds. The summed E-state index contributed by atoms with van der Waals surface area (Å²) in [7, 11) is 1.75. The molecule has 0 bridgehead atoms. The van der Waals surface area contributed by atoms with Crippen LogP contribution in [0.1, 0.15) is 16.7 Å². The van der Waals surface area contributed by atoms with Crippen molar-refractivity contribution in [3.05, 3.63) is 31.1 Å². The standard InChI is InChI=1S/C8H7Br2N3OS/c1-13-5(3-11-12-13)7(14)6-2-4(9)8(10)15-6/h2-3,7,14H,1H3. The minimum Gasteiger partial charge on any atom is -0.381 e. The van der Waals surface area contributed by atoms with Gasteiger partial charge in [0.05, 0.1) is 15.7 Å². The van der Waals surface area contributed by atoms with Crippen LogP contribution in [-0.4, -0.2) is 20.1 Å². The van der Waals surface area contributed by atoms with E-state index in [0.29, 0.717) is 5.69 Å². The van der Waals surface area contributed by atoms with E-state index in [2.05, 4.69) is 42.2 Å². The molecule has 80 valence electrons. The molecule has 0 aliphatic rings. The zero-order valence-electron chi connectivity index (χ0n) is 7.69. The second kappa shape index (κ2) is 4.32. The maximum Gasteiger partial charge on any atom is 0.131 e. The van der Waals surface area contributed by atoms with Gasteiger partial charge in [-0.05, 0) is 37.9 Å². The van der Waals surface area contributed by atoms with Gasteiger partial charge in [0.2, 0.25) is 0 Å². The molecule has 1 N–H and O–H groups in total. The van der Waals surface area contributed by atoms with Crippen LogP contribution in [0.25, 0.3) is 0 Å². The Morgan fingerprint density at radius 3 is 2.73 bits per heavy atom. The van der Waals surface area contributed by atoms with Gasteiger partial charge in [-0.25, -0.2) is 4.68 Å². The number of hydrogen-bond donors (Lipinski definition) is 1. The number of aliphatic hydroxyl groups is 1. The molecule has 4 nitrogen and oxygen atoms in total. The Balaban J connectivity index is 2.36. The van der Waals surface area contributed by atoms with Crippen LogP contribution in [0.5, 0.6) is 0 Å². The van der Waals surface area contributed by atoms with Crippen molar-refractivity contribution < 1.29 is 5.11 Å². The van der Waals surface area contributed by atoms with Gasteiger partial charge in [-0.1, -0.05) is 5.21 Å². The fourth-order valence-corrected chi connectivity index (χ4v) is 3.28. The SMILES string of the molecule is Cn1nncc1C(O)c1cc(Br)c(Br)s1. The Hall–Kier alpha value is -0.240. The predicted molar refractivity (Wildman–Crippen MR) is 64.8 cm³/mol. The van der Waals surface area contributed by atoms with Crippen LogP contribution in [0, 0.1) is 0 Å². The summed E-state index contributed by atoms with van der Waals surface area (Å²) in [6.07, 6.45) is 0.879. The van der Waals surface area contributed by atoms with Gasteiger partial charge in [0.25, 0.3) is 0 Å². The van der Waals surface area contributed by atoms with Gasteiger partial charge in [0.1, 0.15) is 6.10 Å². The number of hydrogen-bond acceptors (Lipinski definition) is 4. The van der Waals surface area contributed by atoms with Gasteiger partial charge in [0, 0.05) is 16.4 Å². The van der Waals surface area contributed by atoms with Crippen molar-refractivity contribution >= 4 is 43.2 Å². The lowest BCUT2D eigenvalue weighted by atomic mass is 10.2. The average Bonchev–Trinajstić information content (AvgIpc) is 2.74. The second-order valence-corrected chi connectivity index (χ2v) is 6.21. The summed E-state index contributed by atoms with van der Waals surface area (Å²) in [6, 6.07) is 1.88. The minimum absolute atomic E-state index is 0.677. The topological polar surface area (TPSA) is 50.9 Å². The average molecular weight is 353 g/mol. The third-order valence-electron chi connectivity index (χ3n) is 1.96. The Morgan fingerprint density at radius 2 is 2.27 bits per heavy atom. The first kappa shape index (κ1) is 11.3. The normalized spacial score (nSPS) is 13.1. The van der Waals surface area contributed by atoms with E-state index >= 15 is 0 Å². The molecule has 0 aliphatic heterocycles. The fourth-order valence-electron chi connectivity index (χ4n) is 1.19. The summed E-state index contributed by atoms with van der Waals surface area (Å²) in [5, 5.41) is 17.6. The highest BCUT2D eigenvalue weighted by Crippen LogP contribution is 2.37. The Morgan fingerprint density at radius 1 is 1.53 bits per heavy atom. The van der Waals surface area contributed by atoms with Crippen molar-refractivity contribution in [3.63, 3.8) is 0 Å². The zero-order chi connectivity index (χ0) is 11.0. The monoisotopic (exact) mass is 351 g/mol. The molecular weight excluding hydrogens is 346 g/mol. The summed E-state index contributed by atoms with van der Waals surface area (Å²) in [5.74, 6) is 0. The van der Waals surface area contributed by atoms with E-state index in [9.17, 15) is 5.11 Å². The lowest BCUT2D eigenvalue weighted by Crippen LogP contribution is -2.04. The quantitative estimate of drug-likeness (QED) is 0.903. The lowest BCUT2D eigenvalue weighted by molar-refractivity contribution is 0.213. The highest BCUT2D eigenvalue weighted by molar-refractivity contribution is 9.13. The third-order valence-corrected chi connectivity index (χ3v) is 5.27. The van der Waals surface area contributed by atoms with Crippen LogP contribution in [0.2, 0.25) is 0 Å². The number of aromatic nitrogens is 3. The lowest BCUT2D eigenvalue weighted by Gasteiger charge is -2.06. The highest BCUT2D eigenvalue weighted by atomic mass is 79.9. The zero-order valence-corrected chi connectivity index (χ0v) is 11.7. The van der Waals surface area contributed by atoms with Crippen LogP contribution < -0.4 is 0 Å². The van der Waals surface area contributed by atoms with Crippen molar-refractivity contribution in [2.45, 2.75) is 6.10 Å². The maximum absolute atomic E-state index is 10.1. The van der Waals surface area contributed by atoms with Gasteiger partial charge in [-0.15, -0.1) is 16.4 Å². The predicted octanol–water partition coefficient (Wildman–Crippen LogP) is 2.48. The summed E-state index contributed by atoms with van der Waals surface area (Å²) in [6.45, 7) is 0. The van der Waals surface area contributed by atoms with Crippen LogP contribution in [-0.2, 0) is 7.05 Å². The fraction of sp³-hybridized carbons (Fsp3) is 0.250. The van der Waals surface area contributed by atoms with Crippen molar-refractivity contribution in [3.8, 4) is 0 Å². The Kier molecular flexibility index (Phi) is 3.24. The summed E-state index contributed by atoms with van der Waals surface area (Å²) in [4.78, 5) is 0.846. The molecule has 2 aromatic heterocycles. The van der Waals surface area contributed by atoms with Crippen molar-refractivity contribution in [2.24, 2.45) is 7.05 Å². The molecular formula is C8H7Br2N3OS. The number of nitrogens with zero attached hydrogens (tertiary/aromatic N) is 3. The molecule has 0 aromatic carbocycles. The summed E-state index contributed by atoms with van der Waals surface area (Å²) < 4.78 is 3.47. The van der Waals surface area contributed by atoms with E-state index < -0.39 is 6.10 Å². The number of rotatable bonds is 2. The van der Waals surface area contributed by atoms with Crippen molar-refractivity contribution in [1.29, 1.82) is 0 Å². The smallest absolute Gasteiger partial charge is 0.131 e.